The van der Waals surface area contributed by atoms with Crippen molar-refractivity contribution in [3.8, 4) is 0 Å². The highest BCUT2D eigenvalue weighted by atomic mass is 35.5. The average Bonchev–Trinajstić information content (AvgIpc) is 3.02. The van der Waals surface area contributed by atoms with Gasteiger partial charge in [-0.05, 0) is 90.5 Å². The molecule has 0 bridgehead atoms. The summed E-state index contributed by atoms with van der Waals surface area (Å²) < 4.78 is 0. The van der Waals surface area contributed by atoms with E-state index in [0.29, 0.717) is 35.8 Å². The van der Waals surface area contributed by atoms with Crippen LogP contribution in [0.2, 0.25) is 0 Å². The number of hydrogen-bond donors (Lipinski definition) is 1. The number of hydrogen-bond acceptors (Lipinski definition) is 2. The molecule has 3 heteroatoms. The molecule has 0 unspecified atom stereocenters. The van der Waals surface area contributed by atoms with E-state index < -0.39 is 0 Å². The molecule has 5 atom stereocenters. The lowest BCUT2D eigenvalue weighted by Crippen LogP contribution is -2.45. The number of aliphatic hydroxyl groups is 1. The van der Waals surface area contributed by atoms with E-state index in [4.69, 9.17) is 11.6 Å². The molecule has 4 aliphatic rings. The first-order chi connectivity index (χ1) is 14.0. The first kappa shape index (κ1) is 19.6. The third kappa shape index (κ3) is 3.15. The summed E-state index contributed by atoms with van der Waals surface area (Å²) in [7, 11) is 0. The molecule has 2 saturated carbocycles. The predicted octanol–water partition coefficient (Wildman–Crippen LogP) is 5.73. The van der Waals surface area contributed by atoms with Gasteiger partial charge in [0.1, 0.15) is 0 Å². The number of aryl methyl sites for hydroxylation is 1. The molecule has 0 heterocycles. The molecule has 154 valence electrons. The molecule has 0 saturated heterocycles. The molecular formula is C26H31ClO2. The van der Waals surface area contributed by atoms with Gasteiger partial charge in [-0.1, -0.05) is 36.8 Å². The van der Waals surface area contributed by atoms with Crippen molar-refractivity contribution >= 4 is 17.4 Å². The summed E-state index contributed by atoms with van der Waals surface area (Å²) in [6.07, 6.45) is 9.44. The molecule has 0 spiro atoms. The molecule has 1 N–H and O–H groups in total. The smallest absolute Gasteiger partial charge is 0.156 e. The van der Waals surface area contributed by atoms with Gasteiger partial charge in [0, 0.05) is 18.2 Å². The number of carbonyl (C=O) groups is 1. The third-order valence-corrected chi connectivity index (χ3v) is 8.64. The lowest BCUT2D eigenvalue weighted by molar-refractivity contribution is -0.114. The van der Waals surface area contributed by atoms with Crippen molar-refractivity contribution in [1.82, 2.24) is 0 Å². The van der Waals surface area contributed by atoms with Crippen LogP contribution in [0.4, 0.5) is 0 Å². The number of allylic oxidation sites excluding steroid dienone is 4. The number of carbonyl (C=O) groups excluding carboxylic acids is 1. The van der Waals surface area contributed by atoms with Crippen LogP contribution in [-0.4, -0.2) is 22.9 Å². The van der Waals surface area contributed by atoms with E-state index >= 15 is 0 Å². The normalized spacial score (nSPS) is 36.4. The number of aliphatic hydroxyl groups excluding tert-OH is 1. The minimum absolute atomic E-state index is 0.0000921. The Hall–Kier alpha value is -1.38. The monoisotopic (exact) mass is 410 g/mol. The van der Waals surface area contributed by atoms with Gasteiger partial charge in [-0.25, -0.2) is 0 Å². The zero-order valence-corrected chi connectivity index (χ0v) is 18.0. The Balaban J connectivity index is 1.62. The van der Waals surface area contributed by atoms with Gasteiger partial charge in [0.05, 0.1) is 6.10 Å². The molecule has 0 amide bonds. The summed E-state index contributed by atoms with van der Waals surface area (Å²) in [6.45, 7) is 2.33. The second-order valence-electron chi connectivity index (χ2n) is 9.86. The molecule has 0 radical (unpaired) electrons. The Kier molecular flexibility index (Phi) is 4.99. The summed E-state index contributed by atoms with van der Waals surface area (Å²) in [5.74, 6) is 2.42. The topological polar surface area (TPSA) is 37.3 Å². The molecule has 1 aromatic carbocycles. The van der Waals surface area contributed by atoms with Gasteiger partial charge >= 0.3 is 0 Å². The van der Waals surface area contributed by atoms with E-state index in [9.17, 15) is 9.90 Å². The van der Waals surface area contributed by atoms with E-state index in [0.717, 1.165) is 44.9 Å². The summed E-state index contributed by atoms with van der Waals surface area (Å²) in [5.41, 5.74) is 7.05. The molecule has 4 aliphatic carbocycles. The highest BCUT2D eigenvalue weighted by Gasteiger charge is 2.56. The van der Waals surface area contributed by atoms with E-state index in [1.54, 1.807) is 5.57 Å². The lowest BCUT2D eigenvalue weighted by Gasteiger charge is -2.52. The Morgan fingerprint density at radius 3 is 2.66 bits per heavy atom. The Bertz CT molecular complexity index is 880. The van der Waals surface area contributed by atoms with Crippen LogP contribution in [0.1, 0.15) is 68.9 Å². The fourth-order valence-electron chi connectivity index (χ4n) is 6.96. The van der Waals surface area contributed by atoms with Crippen molar-refractivity contribution in [1.29, 1.82) is 0 Å². The largest absolute Gasteiger partial charge is 0.393 e. The Labute approximate surface area is 179 Å². The van der Waals surface area contributed by atoms with Crippen molar-refractivity contribution in [2.24, 2.45) is 17.3 Å². The summed E-state index contributed by atoms with van der Waals surface area (Å²) in [4.78, 5) is 12.1. The zero-order valence-electron chi connectivity index (χ0n) is 17.3. The van der Waals surface area contributed by atoms with Gasteiger partial charge in [-0.15, -0.1) is 11.6 Å². The maximum atomic E-state index is 12.1. The number of alkyl halides is 1. The van der Waals surface area contributed by atoms with Crippen LogP contribution in [-0.2, 0) is 11.2 Å². The highest BCUT2D eigenvalue weighted by molar-refractivity contribution is 6.17. The van der Waals surface area contributed by atoms with Crippen molar-refractivity contribution in [3.63, 3.8) is 0 Å². The predicted molar refractivity (Wildman–Crippen MR) is 117 cm³/mol. The number of benzene rings is 1. The Morgan fingerprint density at radius 1 is 1.10 bits per heavy atom. The number of fused-ring (bicyclic) bond motifs is 4. The highest BCUT2D eigenvalue weighted by Crippen LogP contribution is 2.63. The van der Waals surface area contributed by atoms with Gasteiger partial charge in [-0.3, -0.25) is 4.79 Å². The van der Waals surface area contributed by atoms with Gasteiger partial charge < -0.3 is 5.11 Å². The van der Waals surface area contributed by atoms with Gasteiger partial charge in [0.25, 0.3) is 0 Å². The molecule has 1 aromatic rings. The maximum absolute atomic E-state index is 12.1. The summed E-state index contributed by atoms with van der Waals surface area (Å²) >= 11 is 5.93. The van der Waals surface area contributed by atoms with Crippen LogP contribution >= 0.6 is 11.6 Å². The van der Waals surface area contributed by atoms with Crippen LogP contribution in [0, 0.1) is 17.3 Å². The third-order valence-electron chi connectivity index (χ3n) is 8.45. The van der Waals surface area contributed by atoms with Crippen LogP contribution in [0.25, 0.3) is 0 Å². The maximum Gasteiger partial charge on any atom is 0.156 e. The van der Waals surface area contributed by atoms with E-state index in [1.807, 2.05) is 6.08 Å². The fourth-order valence-corrected chi connectivity index (χ4v) is 7.18. The van der Waals surface area contributed by atoms with E-state index in [2.05, 4.69) is 31.2 Å². The Morgan fingerprint density at radius 2 is 1.90 bits per heavy atom. The van der Waals surface area contributed by atoms with Gasteiger partial charge in [-0.2, -0.15) is 0 Å². The summed E-state index contributed by atoms with van der Waals surface area (Å²) in [5, 5.41) is 10.9. The molecule has 0 aliphatic heterocycles. The molecule has 2 fully saturated rings. The van der Waals surface area contributed by atoms with Crippen molar-refractivity contribution in [2.75, 3.05) is 5.88 Å². The second-order valence-corrected chi connectivity index (χ2v) is 10.2. The minimum atomic E-state index is -0.193. The first-order valence-corrected chi connectivity index (χ1v) is 11.8. The number of halogens is 1. The number of ketones is 1. The SMILES string of the molecule is C[C@]12C[C@H](c3ccc(CCCl)cc3)C3=C4CCC(=O)C=C4CC[C@H]3[C@@H]1CC[C@@H]2O. The molecule has 29 heavy (non-hydrogen) atoms. The lowest BCUT2D eigenvalue weighted by atomic mass is 9.53. The van der Waals surface area contributed by atoms with E-state index in [-0.39, 0.29) is 11.5 Å². The molecule has 2 nitrogen and oxygen atoms in total. The van der Waals surface area contributed by atoms with E-state index in [1.165, 1.54) is 22.3 Å². The van der Waals surface area contributed by atoms with Crippen LogP contribution < -0.4 is 0 Å². The van der Waals surface area contributed by atoms with Crippen LogP contribution in [0.5, 0.6) is 0 Å². The zero-order chi connectivity index (χ0) is 20.2. The first-order valence-electron chi connectivity index (χ1n) is 11.3. The molecular weight excluding hydrogens is 380 g/mol. The standard InChI is InChI=1S/C26H31ClO2/c1-26-15-22(17-4-2-16(3-5-17)12-13-27)25-20-9-7-19(28)14-18(20)6-8-21(25)23(26)10-11-24(26)29/h2-5,14,21-24,29H,6-13,15H2,1H3/t21-,22+,23-,24-,26-/m0/s1. The van der Waals surface area contributed by atoms with Gasteiger partial charge in [0.2, 0.25) is 0 Å². The van der Waals surface area contributed by atoms with Crippen molar-refractivity contribution in [3.05, 3.63) is 58.2 Å². The minimum Gasteiger partial charge on any atom is -0.393 e. The van der Waals surface area contributed by atoms with Crippen molar-refractivity contribution < 1.29 is 9.90 Å². The average molecular weight is 411 g/mol. The van der Waals surface area contributed by atoms with Gasteiger partial charge in [0.15, 0.2) is 5.78 Å². The van der Waals surface area contributed by atoms with Crippen molar-refractivity contribution in [2.45, 2.75) is 70.3 Å². The quantitative estimate of drug-likeness (QED) is 0.646. The van der Waals surface area contributed by atoms with Crippen LogP contribution in [0.3, 0.4) is 0 Å². The van der Waals surface area contributed by atoms with Crippen LogP contribution in [0.15, 0.2) is 47.1 Å². The molecule has 0 aromatic heterocycles. The summed E-state index contributed by atoms with van der Waals surface area (Å²) in [6, 6.07) is 9.02. The second kappa shape index (κ2) is 7.39. The fraction of sp³-hybridized carbons (Fsp3) is 0.577. The molecule has 5 rings (SSSR count). The number of rotatable bonds is 3.